The van der Waals surface area contributed by atoms with E-state index in [2.05, 4.69) is 10.6 Å². The highest BCUT2D eigenvalue weighted by Gasteiger charge is 2.30. The third-order valence-electron chi connectivity index (χ3n) is 3.43. The first-order valence-corrected chi connectivity index (χ1v) is 9.15. The molecular weight excluding hydrogens is 322 g/mol. The van der Waals surface area contributed by atoms with Crippen LogP contribution in [0.5, 0.6) is 0 Å². The Morgan fingerprint density at radius 2 is 2.00 bits per heavy atom. The minimum Gasteiger partial charge on any atom is -0.467 e. The van der Waals surface area contributed by atoms with Crippen LogP contribution in [0.4, 0.5) is 4.79 Å². The van der Waals surface area contributed by atoms with E-state index < -0.39 is 16.1 Å². The van der Waals surface area contributed by atoms with Crippen LogP contribution in [0.1, 0.15) is 19.6 Å². The molecule has 0 radical (unpaired) electrons. The number of urea groups is 1. The summed E-state index contributed by atoms with van der Waals surface area (Å²) in [6.07, 6.45) is 1.27. The quantitative estimate of drug-likeness (QED) is 0.783. The van der Waals surface area contributed by atoms with Gasteiger partial charge in [0.1, 0.15) is 5.76 Å². The summed E-state index contributed by atoms with van der Waals surface area (Å²) in [6, 6.07) is 3.04. The summed E-state index contributed by atoms with van der Waals surface area (Å²) >= 11 is 0. The van der Waals surface area contributed by atoms with Crippen molar-refractivity contribution in [3.63, 3.8) is 0 Å². The van der Waals surface area contributed by atoms with E-state index in [1.807, 2.05) is 13.8 Å². The zero-order valence-corrected chi connectivity index (χ0v) is 14.1. The summed E-state index contributed by atoms with van der Waals surface area (Å²) in [6.45, 7) is 4.68. The van der Waals surface area contributed by atoms with Crippen molar-refractivity contribution in [3.8, 4) is 0 Å². The van der Waals surface area contributed by atoms with Gasteiger partial charge in [0.05, 0.1) is 30.8 Å². The Morgan fingerprint density at radius 1 is 1.30 bits per heavy atom. The molecule has 23 heavy (non-hydrogen) atoms. The summed E-state index contributed by atoms with van der Waals surface area (Å²) in [5.74, 6) is 0.490. The molecule has 0 bridgehead atoms. The average molecular weight is 345 g/mol. The largest absolute Gasteiger partial charge is 0.467 e. The molecule has 2 rings (SSSR count). The lowest BCUT2D eigenvalue weighted by atomic mass is 10.3. The number of hydrogen-bond acceptors (Lipinski definition) is 5. The van der Waals surface area contributed by atoms with Crippen LogP contribution in [-0.2, 0) is 21.3 Å². The molecule has 9 heteroatoms. The molecule has 1 saturated heterocycles. The number of morpholine rings is 1. The van der Waals surface area contributed by atoms with E-state index in [1.165, 1.54) is 10.6 Å². The molecule has 2 amide bonds. The standard InChI is InChI=1S/C14H23N3O5S/c1-11-9-17(10-12(2)22-11)23(19,20)7-5-15-14(18)16-8-13-4-3-6-21-13/h3-4,6,11-12H,5,7-10H2,1-2H3,(H2,15,16,18)/t11-,12+. The fourth-order valence-corrected chi connectivity index (χ4v) is 3.92. The molecule has 0 spiro atoms. The van der Waals surface area contributed by atoms with Crippen molar-refractivity contribution in [1.29, 1.82) is 0 Å². The number of sulfonamides is 1. The van der Waals surface area contributed by atoms with E-state index in [0.29, 0.717) is 18.8 Å². The third-order valence-corrected chi connectivity index (χ3v) is 5.23. The van der Waals surface area contributed by atoms with E-state index in [0.717, 1.165) is 0 Å². The van der Waals surface area contributed by atoms with Gasteiger partial charge in [-0.05, 0) is 26.0 Å². The molecule has 2 N–H and O–H groups in total. The molecule has 1 aromatic heterocycles. The number of nitrogens with zero attached hydrogens (tertiary/aromatic N) is 1. The highest BCUT2D eigenvalue weighted by Crippen LogP contribution is 2.14. The summed E-state index contributed by atoms with van der Waals surface area (Å²) in [7, 11) is -3.41. The summed E-state index contributed by atoms with van der Waals surface area (Å²) < 4.78 is 36.6. The predicted molar refractivity (Wildman–Crippen MR) is 84.3 cm³/mol. The first kappa shape index (κ1) is 17.8. The second-order valence-electron chi connectivity index (χ2n) is 5.58. The summed E-state index contributed by atoms with van der Waals surface area (Å²) in [4.78, 5) is 11.6. The predicted octanol–water partition coefficient (Wildman–Crippen LogP) is 0.518. The first-order chi connectivity index (χ1) is 10.9. The molecule has 2 atom stereocenters. The van der Waals surface area contributed by atoms with Crippen LogP contribution in [-0.4, -0.2) is 56.3 Å². The van der Waals surface area contributed by atoms with Crippen molar-refractivity contribution >= 4 is 16.1 Å². The molecule has 1 aromatic rings. The lowest BCUT2D eigenvalue weighted by Crippen LogP contribution is -2.50. The Balaban J connectivity index is 1.72. The van der Waals surface area contributed by atoms with Crippen LogP contribution in [0.3, 0.4) is 0 Å². The normalized spacial score (nSPS) is 22.7. The zero-order valence-electron chi connectivity index (χ0n) is 13.3. The van der Waals surface area contributed by atoms with Gasteiger partial charge in [0.25, 0.3) is 0 Å². The molecule has 2 heterocycles. The Hall–Kier alpha value is -1.58. The Labute approximate surface area is 136 Å². The van der Waals surface area contributed by atoms with Crippen molar-refractivity contribution in [2.45, 2.75) is 32.6 Å². The van der Waals surface area contributed by atoms with Gasteiger partial charge in [-0.3, -0.25) is 0 Å². The molecule has 0 aromatic carbocycles. The highest BCUT2D eigenvalue weighted by atomic mass is 32.2. The van der Waals surface area contributed by atoms with Gasteiger partial charge in [-0.15, -0.1) is 0 Å². The lowest BCUT2D eigenvalue weighted by molar-refractivity contribution is -0.0440. The SMILES string of the molecule is C[C@@H]1CN(S(=O)(=O)CCNC(=O)NCc2ccco2)C[C@H](C)O1. The van der Waals surface area contributed by atoms with E-state index in [4.69, 9.17) is 9.15 Å². The number of nitrogens with one attached hydrogen (secondary N) is 2. The number of rotatable bonds is 6. The zero-order chi connectivity index (χ0) is 16.9. The van der Waals surface area contributed by atoms with Crippen LogP contribution in [0, 0.1) is 0 Å². The number of hydrogen-bond donors (Lipinski definition) is 2. The van der Waals surface area contributed by atoms with Crippen LogP contribution in [0.25, 0.3) is 0 Å². The van der Waals surface area contributed by atoms with Gasteiger partial charge in [0.15, 0.2) is 0 Å². The van der Waals surface area contributed by atoms with Gasteiger partial charge in [-0.1, -0.05) is 0 Å². The molecule has 1 fully saturated rings. The maximum atomic E-state index is 12.3. The monoisotopic (exact) mass is 345 g/mol. The molecule has 130 valence electrons. The highest BCUT2D eigenvalue weighted by molar-refractivity contribution is 7.89. The van der Waals surface area contributed by atoms with Gasteiger partial charge < -0.3 is 19.8 Å². The number of carbonyl (C=O) groups excluding carboxylic acids is 1. The summed E-state index contributed by atoms with van der Waals surface area (Å²) in [5, 5.41) is 5.13. The van der Waals surface area contributed by atoms with Gasteiger partial charge in [0, 0.05) is 19.6 Å². The second-order valence-corrected chi connectivity index (χ2v) is 7.67. The molecule has 0 saturated carbocycles. The number of amides is 2. The maximum Gasteiger partial charge on any atom is 0.315 e. The van der Waals surface area contributed by atoms with Gasteiger partial charge in [-0.25, -0.2) is 13.2 Å². The van der Waals surface area contributed by atoms with Crippen LogP contribution < -0.4 is 10.6 Å². The van der Waals surface area contributed by atoms with Gasteiger partial charge in [-0.2, -0.15) is 4.31 Å². The smallest absolute Gasteiger partial charge is 0.315 e. The minimum absolute atomic E-state index is 0.0481. The van der Waals surface area contributed by atoms with Crippen LogP contribution in [0.15, 0.2) is 22.8 Å². The first-order valence-electron chi connectivity index (χ1n) is 7.54. The van der Waals surface area contributed by atoms with Gasteiger partial charge in [0.2, 0.25) is 10.0 Å². The number of ether oxygens (including phenoxy) is 1. The molecule has 1 aliphatic rings. The van der Waals surface area contributed by atoms with Crippen LogP contribution in [0.2, 0.25) is 0 Å². The molecular formula is C14H23N3O5S. The van der Waals surface area contributed by atoms with Crippen molar-refractivity contribution in [1.82, 2.24) is 14.9 Å². The third kappa shape index (κ3) is 5.52. The van der Waals surface area contributed by atoms with E-state index in [9.17, 15) is 13.2 Å². The van der Waals surface area contributed by atoms with Crippen molar-refractivity contribution < 1.29 is 22.4 Å². The number of carbonyl (C=O) groups is 1. The van der Waals surface area contributed by atoms with Crippen molar-refractivity contribution in [2.75, 3.05) is 25.4 Å². The van der Waals surface area contributed by atoms with E-state index in [1.54, 1.807) is 12.1 Å². The molecule has 1 aliphatic heterocycles. The van der Waals surface area contributed by atoms with Crippen molar-refractivity contribution in [3.05, 3.63) is 24.2 Å². The van der Waals surface area contributed by atoms with E-state index >= 15 is 0 Å². The summed E-state index contributed by atoms with van der Waals surface area (Å²) in [5.41, 5.74) is 0. The van der Waals surface area contributed by atoms with Gasteiger partial charge >= 0.3 is 6.03 Å². The fourth-order valence-electron chi connectivity index (χ4n) is 2.42. The minimum atomic E-state index is -3.41. The Bertz CT molecular complexity index is 592. The second kappa shape index (κ2) is 7.80. The molecule has 0 unspecified atom stereocenters. The Kier molecular flexibility index (Phi) is 6.03. The maximum absolute atomic E-state index is 12.3. The topological polar surface area (TPSA) is 101 Å². The number of furan rings is 1. The van der Waals surface area contributed by atoms with Crippen LogP contribution >= 0.6 is 0 Å². The van der Waals surface area contributed by atoms with E-state index in [-0.39, 0.29) is 31.1 Å². The fraction of sp³-hybridized carbons (Fsp3) is 0.643. The Morgan fingerprint density at radius 3 is 2.61 bits per heavy atom. The van der Waals surface area contributed by atoms with Crippen molar-refractivity contribution in [2.24, 2.45) is 0 Å². The molecule has 0 aliphatic carbocycles. The average Bonchev–Trinajstić information content (AvgIpc) is 2.97. The molecule has 8 nitrogen and oxygen atoms in total. The lowest BCUT2D eigenvalue weighted by Gasteiger charge is -2.34.